The van der Waals surface area contributed by atoms with Crippen molar-refractivity contribution in [3.63, 3.8) is 0 Å². The van der Waals surface area contributed by atoms with Crippen molar-refractivity contribution in [1.82, 2.24) is 9.88 Å². The number of methoxy groups -OCH3 is 1. The minimum absolute atomic E-state index is 0.715. The summed E-state index contributed by atoms with van der Waals surface area (Å²) in [6, 6.07) is 4.23. The van der Waals surface area contributed by atoms with Crippen LogP contribution in [-0.2, 0) is 22.6 Å². The normalized spacial score (nSPS) is 11.4. The average molecular weight is 268 g/mol. The molecule has 0 aliphatic rings. The van der Waals surface area contributed by atoms with E-state index < -0.39 is 0 Å². The predicted molar refractivity (Wildman–Crippen MR) is 78.3 cm³/mol. The number of hydrogen-bond donors (Lipinski definition) is 1. The minimum Gasteiger partial charge on any atom is -0.383 e. The van der Waals surface area contributed by atoms with Gasteiger partial charge in [-0.15, -0.1) is 0 Å². The molecule has 110 valence electrons. The molecular weight excluding hydrogens is 240 g/mol. The van der Waals surface area contributed by atoms with Crippen LogP contribution in [0.1, 0.15) is 26.0 Å². The standard InChI is InChI=1S/C15H28N2O2/c1-14(2)6-10-19-12-9-17-8-4-5-15(17)13-16-7-11-18-3/h4-5,8,14,16H,6-7,9-13H2,1-3H3. The number of ether oxygens (including phenoxy) is 2. The van der Waals surface area contributed by atoms with Crippen molar-refractivity contribution in [2.45, 2.75) is 33.4 Å². The van der Waals surface area contributed by atoms with Crippen molar-refractivity contribution in [2.24, 2.45) is 5.92 Å². The van der Waals surface area contributed by atoms with Crippen molar-refractivity contribution in [3.8, 4) is 0 Å². The Kier molecular flexibility index (Phi) is 8.54. The molecule has 0 unspecified atom stereocenters. The SMILES string of the molecule is COCCNCc1cccn1CCOCCC(C)C. The van der Waals surface area contributed by atoms with Gasteiger partial charge in [-0.25, -0.2) is 0 Å². The van der Waals surface area contributed by atoms with Gasteiger partial charge in [-0.2, -0.15) is 0 Å². The number of hydrogen-bond acceptors (Lipinski definition) is 3. The second kappa shape index (κ2) is 10.0. The Hall–Kier alpha value is -0.840. The van der Waals surface area contributed by atoms with Gasteiger partial charge in [0.2, 0.25) is 0 Å². The average Bonchev–Trinajstić information content (AvgIpc) is 2.81. The molecule has 0 atom stereocenters. The van der Waals surface area contributed by atoms with E-state index in [4.69, 9.17) is 9.47 Å². The lowest BCUT2D eigenvalue weighted by Gasteiger charge is -2.11. The van der Waals surface area contributed by atoms with Gasteiger partial charge in [0.15, 0.2) is 0 Å². The maximum Gasteiger partial charge on any atom is 0.0645 e. The maximum atomic E-state index is 5.65. The third-order valence-corrected chi connectivity index (χ3v) is 3.03. The molecule has 0 saturated heterocycles. The highest BCUT2D eigenvalue weighted by atomic mass is 16.5. The molecule has 0 saturated carbocycles. The molecule has 0 bridgehead atoms. The largest absolute Gasteiger partial charge is 0.383 e. The second-order valence-electron chi connectivity index (χ2n) is 5.16. The zero-order valence-corrected chi connectivity index (χ0v) is 12.5. The fraction of sp³-hybridized carbons (Fsp3) is 0.733. The van der Waals surface area contributed by atoms with E-state index in [1.807, 2.05) is 0 Å². The highest BCUT2D eigenvalue weighted by Gasteiger charge is 2.00. The van der Waals surface area contributed by atoms with Gasteiger partial charge in [0.05, 0.1) is 13.2 Å². The van der Waals surface area contributed by atoms with Crippen LogP contribution in [0.4, 0.5) is 0 Å². The van der Waals surface area contributed by atoms with Gasteiger partial charge in [-0.1, -0.05) is 13.8 Å². The highest BCUT2D eigenvalue weighted by molar-refractivity contribution is 5.06. The number of aromatic nitrogens is 1. The van der Waals surface area contributed by atoms with Crippen LogP contribution in [0.25, 0.3) is 0 Å². The van der Waals surface area contributed by atoms with Crippen molar-refractivity contribution in [2.75, 3.05) is 33.5 Å². The zero-order valence-electron chi connectivity index (χ0n) is 12.5. The minimum atomic E-state index is 0.715. The molecule has 0 amide bonds. The summed E-state index contributed by atoms with van der Waals surface area (Å²) in [5.41, 5.74) is 1.29. The molecule has 0 radical (unpaired) electrons. The Labute approximate surface area is 117 Å². The van der Waals surface area contributed by atoms with Gasteiger partial charge in [0.1, 0.15) is 0 Å². The van der Waals surface area contributed by atoms with E-state index in [1.54, 1.807) is 7.11 Å². The molecule has 0 fully saturated rings. The molecule has 0 aliphatic carbocycles. The highest BCUT2D eigenvalue weighted by Crippen LogP contribution is 2.03. The van der Waals surface area contributed by atoms with Crippen LogP contribution in [-0.4, -0.2) is 38.0 Å². The fourth-order valence-electron chi connectivity index (χ4n) is 1.80. The van der Waals surface area contributed by atoms with Crippen molar-refractivity contribution in [1.29, 1.82) is 0 Å². The first-order valence-corrected chi connectivity index (χ1v) is 7.15. The quantitative estimate of drug-likeness (QED) is 0.625. The lowest BCUT2D eigenvalue weighted by molar-refractivity contribution is 0.116. The molecule has 0 aliphatic heterocycles. The van der Waals surface area contributed by atoms with Gasteiger partial charge >= 0.3 is 0 Å². The summed E-state index contributed by atoms with van der Waals surface area (Å²) in [6.45, 7) is 9.52. The lowest BCUT2D eigenvalue weighted by atomic mass is 10.1. The topological polar surface area (TPSA) is 35.4 Å². The molecule has 4 heteroatoms. The third kappa shape index (κ3) is 7.35. The maximum absolute atomic E-state index is 5.65. The molecule has 0 spiro atoms. The predicted octanol–water partition coefficient (Wildman–Crippen LogP) is 2.29. The molecule has 0 aromatic carbocycles. The van der Waals surface area contributed by atoms with E-state index in [2.05, 4.69) is 42.1 Å². The smallest absolute Gasteiger partial charge is 0.0645 e. The van der Waals surface area contributed by atoms with E-state index in [-0.39, 0.29) is 0 Å². The summed E-state index contributed by atoms with van der Waals surface area (Å²) in [6.07, 6.45) is 3.25. The van der Waals surface area contributed by atoms with E-state index in [1.165, 1.54) is 5.69 Å². The zero-order chi connectivity index (χ0) is 13.9. The Morgan fingerprint density at radius 3 is 2.84 bits per heavy atom. The van der Waals surface area contributed by atoms with Gasteiger partial charge < -0.3 is 19.4 Å². The van der Waals surface area contributed by atoms with Crippen molar-refractivity contribution >= 4 is 0 Å². The lowest BCUT2D eigenvalue weighted by Crippen LogP contribution is -2.21. The van der Waals surface area contributed by atoms with E-state index in [0.29, 0.717) is 5.92 Å². The fourth-order valence-corrected chi connectivity index (χ4v) is 1.80. The molecule has 1 heterocycles. The van der Waals surface area contributed by atoms with Gasteiger partial charge in [0, 0.05) is 45.2 Å². The van der Waals surface area contributed by atoms with Gasteiger partial charge in [0.25, 0.3) is 0 Å². The van der Waals surface area contributed by atoms with Crippen LogP contribution in [0.5, 0.6) is 0 Å². The number of nitrogens with zero attached hydrogens (tertiary/aromatic N) is 1. The summed E-state index contributed by atoms with van der Waals surface area (Å²) < 4.78 is 12.9. The molecule has 1 rings (SSSR count). The van der Waals surface area contributed by atoms with E-state index in [0.717, 1.165) is 45.9 Å². The summed E-state index contributed by atoms with van der Waals surface area (Å²) in [4.78, 5) is 0. The van der Waals surface area contributed by atoms with Gasteiger partial charge in [-0.3, -0.25) is 0 Å². The van der Waals surface area contributed by atoms with Crippen molar-refractivity contribution < 1.29 is 9.47 Å². The number of rotatable bonds is 11. The van der Waals surface area contributed by atoms with E-state index in [9.17, 15) is 0 Å². The van der Waals surface area contributed by atoms with Crippen LogP contribution >= 0.6 is 0 Å². The Morgan fingerprint density at radius 1 is 1.26 bits per heavy atom. The van der Waals surface area contributed by atoms with Gasteiger partial charge in [-0.05, 0) is 24.5 Å². The summed E-state index contributed by atoms with van der Waals surface area (Å²) in [7, 11) is 1.72. The van der Waals surface area contributed by atoms with Crippen LogP contribution < -0.4 is 5.32 Å². The summed E-state index contributed by atoms with van der Waals surface area (Å²) >= 11 is 0. The summed E-state index contributed by atoms with van der Waals surface area (Å²) in [5, 5.41) is 3.36. The Morgan fingerprint density at radius 2 is 2.11 bits per heavy atom. The molecule has 1 aromatic rings. The first-order chi connectivity index (χ1) is 9.24. The molecule has 1 N–H and O–H groups in total. The van der Waals surface area contributed by atoms with Crippen molar-refractivity contribution in [3.05, 3.63) is 24.0 Å². The first-order valence-electron chi connectivity index (χ1n) is 7.15. The Bertz CT molecular complexity index is 324. The van der Waals surface area contributed by atoms with E-state index >= 15 is 0 Å². The first kappa shape index (κ1) is 16.2. The number of nitrogens with one attached hydrogen (secondary N) is 1. The molecule has 19 heavy (non-hydrogen) atoms. The summed E-state index contributed by atoms with van der Waals surface area (Å²) in [5.74, 6) is 0.715. The van der Waals surface area contributed by atoms with Crippen LogP contribution in [0.3, 0.4) is 0 Å². The molecule has 4 nitrogen and oxygen atoms in total. The van der Waals surface area contributed by atoms with Crippen LogP contribution in [0.15, 0.2) is 18.3 Å². The van der Waals surface area contributed by atoms with Crippen LogP contribution in [0, 0.1) is 5.92 Å². The Balaban J connectivity index is 2.17. The van der Waals surface area contributed by atoms with Crippen LogP contribution in [0.2, 0.25) is 0 Å². The molecule has 1 aromatic heterocycles. The monoisotopic (exact) mass is 268 g/mol. The molecular formula is C15H28N2O2. The second-order valence-corrected chi connectivity index (χ2v) is 5.16. The third-order valence-electron chi connectivity index (χ3n) is 3.03.